The number of hydrogen-bond acceptors (Lipinski definition) is 10. The molecule has 14 nitrogen and oxygen atoms in total. The molecule has 0 radical (unpaired) electrons. The number of nitrogens with two attached hydrogens (primary N) is 1. The van der Waals surface area contributed by atoms with E-state index in [2.05, 4.69) is 21.8 Å². The molecule has 286 valence electrons. The molecule has 1 fully saturated rings. The number of allylic oxidation sites excluding steroid dienone is 4. The molecule has 2 aliphatic heterocycles. The maximum Gasteiger partial charge on any atom is 0.452 e. The van der Waals surface area contributed by atoms with Gasteiger partial charge in [-0.1, -0.05) is 29.9 Å². The molecule has 3 aromatic rings. The quantitative estimate of drug-likeness (QED) is 0.260. The fourth-order valence-electron chi connectivity index (χ4n) is 6.47. The summed E-state index contributed by atoms with van der Waals surface area (Å²) < 4.78 is 88.2. The molecular weight excluding hydrogens is 721 g/mol. The van der Waals surface area contributed by atoms with Gasteiger partial charge < -0.3 is 25.1 Å². The van der Waals surface area contributed by atoms with Crippen molar-refractivity contribution in [1.82, 2.24) is 23.9 Å². The van der Waals surface area contributed by atoms with Crippen LogP contribution in [-0.4, -0.2) is 87.8 Å². The molecule has 2 aliphatic rings. The molecule has 0 saturated carbocycles. The van der Waals surface area contributed by atoms with E-state index in [1.54, 1.807) is 32.9 Å². The Morgan fingerprint density at radius 1 is 1.15 bits per heavy atom. The van der Waals surface area contributed by atoms with Crippen LogP contribution in [0.25, 0.3) is 5.65 Å². The number of rotatable bonds is 11. The monoisotopic (exact) mass is 762 g/mol. The number of ether oxygens (including phenoxy) is 3. The van der Waals surface area contributed by atoms with Crippen molar-refractivity contribution in [1.29, 1.82) is 0 Å². The zero-order chi connectivity index (χ0) is 39.1. The second kappa shape index (κ2) is 14.5. The second-order valence-electron chi connectivity index (χ2n) is 13.8. The molecule has 0 bridgehead atoms. The lowest BCUT2D eigenvalue weighted by atomic mass is 9.70. The molecule has 0 unspecified atom stereocenters. The first-order valence-corrected chi connectivity index (χ1v) is 18.0. The number of sulfonamides is 1. The zero-order valence-electron chi connectivity index (χ0n) is 29.9. The highest BCUT2D eigenvalue weighted by Crippen LogP contribution is 2.44. The lowest BCUT2D eigenvalue weighted by Crippen LogP contribution is -2.51. The van der Waals surface area contributed by atoms with Crippen LogP contribution in [0.5, 0.6) is 11.8 Å². The van der Waals surface area contributed by atoms with Gasteiger partial charge in [-0.05, 0) is 63.5 Å². The third-order valence-electron chi connectivity index (χ3n) is 9.67. The number of aliphatic carboxylic acids is 1. The number of primary amides is 1. The van der Waals surface area contributed by atoms with Gasteiger partial charge in [-0.25, -0.2) is 8.42 Å². The molecule has 1 amide bonds. The minimum atomic E-state index is -4.75. The van der Waals surface area contributed by atoms with Gasteiger partial charge in [0, 0.05) is 37.6 Å². The van der Waals surface area contributed by atoms with Gasteiger partial charge >= 0.3 is 12.1 Å². The van der Waals surface area contributed by atoms with Crippen LogP contribution in [0.15, 0.2) is 64.7 Å². The number of aromatic nitrogens is 4. The predicted molar refractivity (Wildman–Crippen MR) is 185 cm³/mol. The summed E-state index contributed by atoms with van der Waals surface area (Å²) in [6.07, 6.45) is 0.488. The maximum atomic E-state index is 14.1. The average molecular weight is 763 g/mol. The molecule has 53 heavy (non-hydrogen) atoms. The normalized spacial score (nSPS) is 18.6. The summed E-state index contributed by atoms with van der Waals surface area (Å²) >= 11 is 0. The summed E-state index contributed by atoms with van der Waals surface area (Å²) in [4.78, 5) is 27.9. The molecule has 1 saturated heterocycles. The van der Waals surface area contributed by atoms with Gasteiger partial charge in [0.05, 0.1) is 25.2 Å². The molecule has 18 heteroatoms. The van der Waals surface area contributed by atoms with Gasteiger partial charge in [-0.3, -0.25) is 14.0 Å². The number of carboxylic acids is 1. The summed E-state index contributed by atoms with van der Waals surface area (Å²) in [6.45, 7) is 12.4. The standard InChI is InChI=1S/C35H41F3N6O8S/c1-20(7-8-21(2)28(33(5,6)32(46)47)24-11-14-44-29(23(24)4)41-42-31(44)35(36,37)38)22(3)17-43-19-34(12-15-50-16-13-34)52-30-25(53(43,48)49)9-10-27(40-30)51-18-26(39)45/h7-11,14,28H,2,12-13,15-19H2,1,3-6H3,(H2,39,45)(H,46,47)/b8-7-,22-20+/t28-/m0/s1. The van der Waals surface area contributed by atoms with Gasteiger partial charge in [0.25, 0.3) is 5.91 Å². The smallest absolute Gasteiger partial charge is 0.452 e. The van der Waals surface area contributed by atoms with Crippen molar-refractivity contribution >= 4 is 27.5 Å². The van der Waals surface area contributed by atoms with Crippen molar-refractivity contribution in [3.63, 3.8) is 0 Å². The van der Waals surface area contributed by atoms with Gasteiger partial charge in [0.15, 0.2) is 12.3 Å². The molecule has 5 heterocycles. The van der Waals surface area contributed by atoms with Crippen molar-refractivity contribution in [2.45, 2.75) is 70.1 Å². The molecule has 1 spiro atoms. The third-order valence-corrected chi connectivity index (χ3v) is 11.5. The number of alkyl halides is 3. The summed E-state index contributed by atoms with van der Waals surface area (Å²) in [5, 5.41) is 17.3. The van der Waals surface area contributed by atoms with Gasteiger partial charge in [-0.15, -0.1) is 10.2 Å². The van der Waals surface area contributed by atoms with Crippen LogP contribution < -0.4 is 15.2 Å². The van der Waals surface area contributed by atoms with E-state index in [-0.39, 0.29) is 35.4 Å². The van der Waals surface area contributed by atoms with E-state index in [1.165, 1.54) is 36.4 Å². The van der Waals surface area contributed by atoms with E-state index in [0.29, 0.717) is 53.9 Å². The Morgan fingerprint density at radius 2 is 1.83 bits per heavy atom. The molecule has 3 N–H and O–H groups in total. The van der Waals surface area contributed by atoms with Crippen molar-refractivity contribution in [2.24, 2.45) is 11.1 Å². The Labute approximate surface area is 304 Å². The molecule has 1 atom stereocenters. The third kappa shape index (κ3) is 7.94. The Bertz CT molecular complexity index is 2120. The number of nitrogens with zero attached hydrogens (tertiary/aromatic N) is 5. The fraction of sp³-hybridized carbons (Fsp3) is 0.457. The van der Waals surface area contributed by atoms with Gasteiger partial charge in [0.1, 0.15) is 10.5 Å². The lowest BCUT2D eigenvalue weighted by molar-refractivity contribution is -0.147. The highest BCUT2D eigenvalue weighted by atomic mass is 32.2. The summed E-state index contributed by atoms with van der Waals surface area (Å²) in [5.74, 6) is -4.19. The van der Waals surface area contributed by atoms with E-state index in [4.69, 9.17) is 19.9 Å². The number of fused-ring (bicyclic) bond motifs is 2. The predicted octanol–water partition coefficient (Wildman–Crippen LogP) is 4.59. The Morgan fingerprint density at radius 3 is 2.45 bits per heavy atom. The van der Waals surface area contributed by atoms with Crippen LogP contribution in [0.4, 0.5) is 13.2 Å². The zero-order valence-corrected chi connectivity index (χ0v) is 30.7. The fourth-order valence-corrected chi connectivity index (χ4v) is 8.07. The van der Waals surface area contributed by atoms with Crippen molar-refractivity contribution in [3.05, 3.63) is 76.8 Å². The number of pyridine rings is 2. The van der Waals surface area contributed by atoms with E-state index >= 15 is 0 Å². The number of halogens is 3. The number of carbonyl (C=O) groups excluding carboxylic acids is 1. The molecule has 0 aliphatic carbocycles. The first-order chi connectivity index (χ1) is 24.7. The summed E-state index contributed by atoms with van der Waals surface area (Å²) in [6, 6.07) is 4.04. The van der Waals surface area contributed by atoms with Gasteiger partial charge in [-0.2, -0.15) is 22.5 Å². The number of amides is 1. The topological polar surface area (TPSA) is 189 Å². The van der Waals surface area contributed by atoms with Crippen LogP contribution in [0.3, 0.4) is 0 Å². The minimum absolute atomic E-state index is 0.0110. The van der Waals surface area contributed by atoms with E-state index in [9.17, 15) is 36.3 Å². The lowest BCUT2D eigenvalue weighted by Gasteiger charge is -2.38. The molecule has 0 aromatic carbocycles. The molecule has 3 aromatic heterocycles. The summed E-state index contributed by atoms with van der Waals surface area (Å²) in [7, 11) is -4.18. The van der Waals surface area contributed by atoms with E-state index in [1.807, 2.05) is 0 Å². The Kier molecular flexibility index (Phi) is 10.8. The first kappa shape index (κ1) is 39.4. The van der Waals surface area contributed by atoms with Crippen LogP contribution in [0.1, 0.15) is 63.4 Å². The van der Waals surface area contributed by atoms with Crippen molar-refractivity contribution in [2.75, 3.05) is 32.9 Å². The summed E-state index contributed by atoms with van der Waals surface area (Å²) in [5.41, 5.74) is 5.06. The molecule has 5 rings (SSSR count). The van der Waals surface area contributed by atoms with E-state index < -0.39 is 57.4 Å². The number of carboxylic acid groups (broad SMARTS) is 1. The average Bonchev–Trinajstić information content (AvgIpc) is 3.50. The Hall–Kier alpha value is -4.81. The second-order valence-corrected chi connectivity index (χ2v) is 15.7. The van der Waals surface area contributed by atoms with Crippen molar-refractivity contribution < 1.29 is 50.5 Å². The highest BCUT2D eigenvalue weighted by molar-refractivity contribution is 7.89. The van der Waals surface area contributed by atoms with Crippen LogP contribution >= 0.6 is 0 Å². The van der Waals surface area contributed by atoms with Gasteiger partial charge in [0.2, 0.25) is 27.6 Å². The SMILES string of the molecule is C=C(/C=C\C(C)=C(/C)CN1CC2(CCOCC2)Oc2nc(OCC(N)=O)ccc2S1(=O)=O)[C@@H](c1ccn2c(C(F)(F)F)nnc2c1C)C(C)(C)C(=O)O. The van der Waals surface area contributed by atoms with Crippen LogP contribution in [0, 0.1) is 12.3 Å². The largest absolute Gasteiger partial charge is 0.481 e. The number of aryl methyl sites for hydroxylation is 1. The molecular formula is C35H41F3N6O8S. The van der Waals surface area contributed by atoms with E-state index in [0.717, 1.165) is 10.6 Å². The Balaban J connectivity index is 1.47. The number of hydrogen-bond donors (Lipinski definition) is 2. The number of carbonyl (C=O) groups is 2. The highest BCUT2D eigenvalue weighted by Gasteiger charge is 2.46. The van der Waals surface area contributed by atoms with Crippen LogP contribution in [-0.2, 0) is 30.5 Å². The van der Waals surface area contributed by atoms with Crippen LogP contribution in [0.2, 0.25) is 0 Å². The van der Waals surface area contributed by atoms with Crippen molar-refractivity contribution in [3.8, 4) is 11.8 Å². The first-order valence-electron chi connectivity index (χ1n) is 16.5. The minimum Gasteiger partial charge on any atom is -0.481 e. The maximum absolute atomic E-state index is 14.1.